The minimum absolute atomic E-state index is 0.341. The van der Waals surface area contributed by atoms with Gasteiger partial charge in [-0.1, -0.05) is 12.1 Å². The summed E-state index contributed by atoms with van der Waals surface area (Å²) in [5.74, 6) is -1.18. The summed E-state index contributed by atoms with van der Waals surface area (Å²) in [7, 11) is 0. The van der Waals surface area contributed by atoms with Crippen molar-refractivity contribution < 1.29 is 8.78 Å². The maximum absolute atomic E-state index is 14.1. The zero-order chi connectivity index (χ0) is 16.1. The molecule has 0 amide bonds. The van der Waals surface area contributed by atoms with E-state index in [4.69, 9.17) is 0 Å². The number of fused-ring (bicyclic) bond motifs is 2. The Bertz CT molecular complexity index is 1060. The van der Waals surface area contributed by atoms with Crippen molar-refractivity contribution in [2.24, 2.45) is 0 Å². The summed E-state index contributed by atoms with van der Waals surface area (Å²) in [4.78, 5) is 7.73. The summed E-state index contributed by atoms with van der Waals surface area (Å²) in [6.07, 6.45) is 1.87. The Morgan fingerprint density at radius 3 is 2.65 bits per heavy atom. The van der Waals surface area contributed by atoms with Gasteiger partial charge in [0.2, 0.25) is 0 Å². The van der Waals surface area contributed by atoms with Crippen molar-refractivity contribution in [3.05, 3.63) is 65.4 Å². The number of halogens is 2. The molecule has 2 aromatic heterocycles. The molecule has 4 heteroatoms. The number of hydrogen-bond donors (Lipinski definition) is 1. The number of benzene rings is 2. The number of aryl methyl sites for hydroxylation is 1. The quantitative estimate of drug-likeness (QED) is 0.509. The first-order valence-corrected chi connectivity index (χ1v) is 7.38. The molecular weight excluding hydrogens is 294 g/mol. The summed E-state index contributed by atoms with van der Waals surface area (Å²) in [5, 5.41) is 1.42. The lowest BCUT2D eigenvalue weighted by molar-refractivity contribution is 0.591. The Morgan fingerprint density at radius 2 is 1.83 bits per heavy atom. The van der Waals surface area contributed by atoms with Crippen molar-refractivity contribution in [3.8, 4) is 11.3 Å². The molecule has 4 rings (SSSR count). The molecule has 4 aromatic rings. The molecule has 2 heterocycles. The molecule has 2 nitrogen and oxygen atoms in total. The molecule has 2 aromatic carbocycles. The maximum Gasteiger partial charge on any atom is 0.135 e. The molecule has 0 bridgehead atoms. The van der Waals surface area contributed by atoms with Crippen LogP contribution in [0.2, 0.25) is 0 Å². The van der Waals surface area contributed by atoms with Gasteiger partial charge in [-0.15, -0.1) is 0 Å². The van der Waals surface area contributed by atoms with Crippen molar-refractivity contribution in [3.63, 3.8) is 0 Å². The highest BCUT2D eigenvalue weighted by atomic mass is 19.1. The minimum Gasteiger partial charge on any atom is -0.361 e. The molecule has 1 N–H and O–H groups in total. The fourth-order valence-corrected chi connectivity index (χ4v) is 3.14. The van der Waals surface area contributed by atoms with Gasteiger partial charge in [-0.05, 0) is 37.1 Å². The van der Waals surface area contributed by atoms with Gasteiger partial charge in [0.15, 0.2) is 0 Å². The lowest BCUT2D eigenvalue weighted by Crippen LogP contribution is -1.98. The first kappa shape index (κ1) is 13.9. The van der Waals surface area contributed by atoms with Crippen molar-refractivity contribution >= 4 is 21.8 Å². The number of aromatic nitrogens is 2. The van der Waals surface area contributed by atoms with Gasteiger partial charge in [0, 0.05) is 40.2 Å². The summed E-state index contributed by atoms with van der Waals surface area (Å²) in [6, 6.07) is 10.1. The van der Waals surface area contributed by atoms with Gasteiger partial charge in [-0.25, -0.2) is 13.8 Å². The van der Waals surface area contributed by atoms with E-state index in [1.54, 1.807) is 0 Å². The standard InChI is InChI=1S/C19H14F2N2/c1-10-11(2)19(14-4-3-5-16-13(14)6-7-22-16)23-17-9-12(20)8-15(21)18(10)17/h3-9,22H,1-2H3. The van der Waals surface area contributed by atoms with Crippen LogP contribution in [0.25, 0.3) is 33.1 Å². The highest BCUT2D eigenvalue weighted by Crippen LogP contribution is 2.34. The summed E-state index contributed by atoms with van der Waals surface area (Å²) >= 11 is 0. The fraction of sp³-hybridized carbons (Fsp3) is 0.105. The Kier molecular flexibility index (Phi) is 2.94. The van der Waals surface area contributed by atoms with Gasteiger partial charge < -0.3 is 4.98 Å². The summed E-state index contributed by atoms with van der Waals surface area (Å²) in [6.45, 7) is 3.77. The van der Waals surface area contributed by atoms with Crippen LogP contribution >= 0.6 is 0 Å². The molecule has 0 atom stereocenters. The van der Waals surface area contributed by atoms with Crippen LogP contribution in [0, 0.1) is 25.5 Å². The fourth-order valence-electron chi connectivity index (χ4n) is 3.14. The lowest BCUT2D eigenvalue weighted by Gasteiger charge is -2.13. The molecule has 0 radical (unpaired) electrons. The summed E-state index contributed by atoms with van der Waals surface area (Å²) < 4.78 is 27.7. The monoisotopic (exact) mass is 308 g/mol. The minimum atomic E-state index is -0.614. The zero-order valence-corrected chi connectivity index (χ0v) is 12.7. The third-order valence-electron chi connectivity index (χ3n) is 4.41. The number of pyridine rings is 1. The first-order valence-electron chi connectivity index (χ1n) is 7.38. The Morgan fingerprint density at radius 1 is 1.00 bits per heavy atom. The van der Waals surface area contributed by atoms with E-state index >= 15 is 0 Å². The zero-order valence-electron chi connectivity index (χ0n) is 12.7. The van der Waals surface area contributed by atoms with E-state index in [1.807, 2.05) is 44.3 Å². The third kappa shape index (κ3) is 2.02. The second-order valence-electron chi connectivity index (χ2n) is 5.74. The van der Waals surface area contributed by atoms with Crippen LogP contribution in [0.1, 0.15) is 11.1 Å². The van der Waals surface area contributed by atoms with Crippen LogP contribution in [0.15, 0.2) is 42.6 Å². The first-order chi connectivity index (χ1) is 11.1. The van der Waals surface area contributed by atoms with Crippen LogP contribution < -0.4 is 0 Å². The van der Waals surface area contributed by atoms with E-state index in [2.05, 4.69) is 9.97 Å². The Labute approximate surface area is 131 Å². The molecule has 0 fully saturated rings. The number of nitrogens with one attached hydrogen (secondary N) is 1. The number of aromatic amines is 1. The molecule has 0 aliphatic rings. The lowest BCUT2D eigenvalue weighted by atomic mass is 9.97. The van der Waals surface area contributed by atoms with Crippen molar-refractivity contribution in [2.75, 3.05) is 0 Å². The van der Waals surface area contributed by atoms with Crippen molar-refractivity contribution in [1.82, 2.24) is 9.97 Å². The van der Waals surface area contributed by atoms with E-state index in [9.17, 15) is 8.78 Å². The average molecular weight is 308 g/mol. The number of H-pyrrole nitrogens is 1. The van der Waals surface area contributed by atoms with Gasteiger partial charge >= 0.3 is 0 Å². The molecule has 0 spiro atoms. The van der Waals surface area contributed by atoms with Crippen LogP contribution in [-0.4, -0.2) is 9.97 Å². The van der Waals surface area contributed by atoms with E-state index in [0.29, 0.717) is 10.9 Å². The molecule has 0 saturated carbocycles. The molecule has 0 saturated heterocycles. The van der Waals surface area contributed by atoms with Crippen LogP contribution in [0.3, 0.4) is 0 Å². The van der Waals surface area contributed by atoms with Gasteiger partial charge in [0.1, 0.15) is 11.6 Å². The van der Waals surface area contributed by atoms with Gasteiger partial charge in [0.05, 0.1) is 11.2 Å². The van der Waals surface area contributed by atoms with E-state index in [-0.39, 0.29) is 0 Å². The van der Waals surface area contributed by atoms with E-state index in [1.165, 1.54) is 6.07 Å². The summed E-state index contributed by atoms with van der Waals surface area (Å²) in [5.41, 5.74) is 4.74. The number of rotatable bonds is 1. The second kappa shape index (κ2) is 4.88. The normalized spacial score (nSPS) is 11.5. The van der Waals surface area contributed by atoms with Crippen molar-refractivity contribution in [1.29, 1.82) is 0 Å². The van der Waals surface area contributed by atoms with Crippen LogP contribution in [0.4, 0.5) is 8.78 Å². The number of hydrogen-bond acceptors (Lipinski definition) is 1. The van der Waals surface area contributed by atoms with Crippen molar-refractivity contribution in [2.45, 2.75) is 13.8 Å². The highest BCUT2D eigenvalue weighted by molar-refractivity contribution is 5.97. The van der Waals surface area contributed by atoms with Crippen LogP contribution in [0.5, 0.6) is 0 Å². The SMILES string of the molecule is Cc1c(-c2cccc3[nH]ccc23)nc2cc(F)cc(F)c2c1C. The predicted molar refractivity (Wildman–Crippen MR) is 88.4 cm³/mol. The van der Waals surface area contributed by atoms with E-state index in [0.717, 1.165) is 39.4 Å². The van der Waals surface area contributed by atoms with E-state index < -0.39 is 11.6 Å². The maximum atomic E-state index is 14.1. The smallest absolute Gasteiger partial charge is 0.135 e. The molecule has 0 aliphatic carbocycles. The predicted octanol–water partition coefficient (Wildman–Crippen LogP) is 5.28. The largest absolute Gasteiger partial charge is 0.361 e. The van der Waals surface area contributed by atoms with Gasteiger partial charge in [-0.2, -0.15) is 0 Å². The average Bonchev–Trinajstić information content (AvgIpc) is 2.98. The molecule has 0 aliphatic heterocycles. The molecule has 114 valence electrons. The number of nitrogens with zero attached hydrogens (tertiary/aromatic N) is 1. The Balaban J connectivity index is 2.12. The van der Waals surface area contributed by atoms with Crippen LogP contribution in [-0.2, 0) is 0 Å². The Hall–Kier alpha value is -2.75. The highest BCUT2D eigenvalue weighted by Gasteiger charge is 2.16. The topological polar surface area (TPSA) is 28.7 Å². The third-order valence-corrected chi connectivity index (χ3v) is 4.41. The van der Waals surface area contributed by atoms with Gasteiger partial charge in [0.25, 0.3) is 0 Å². The molecule has 0 unspecified atom stereocenters. The second-order valence-corrected chi connectivity index (χ2v) is 5.74. The van der Waals surface area contributed by atoms with Gasteiger partial charge in [-0.3, -0.25) is 0 Å². The molecule has 23 heavy (non-hydrogen) atoms. The molecular formula is C19H14F2N2.